The molecule has 1 aliphatic heterocycles. The lowest BCUT2D eigenvalue weighted by Gasteiger charge is -2.24. The van der Waals surface area contributed by atoms with Crippen LogP contribution in [-0.2, 0) is 6.42 Å². The molecular formula is C40H32N4. The van der Waals surface area contributed by atoms with Crippen molar-refractivity contribution in [3.05, 3.63) is 168 Å². The second kappa shape index (κ2) is 11.0. The van der Waals surface area contributed by atoms with Crippen molar-refractivity contribution >= 4 is 28.5 Å². The van der Waals surface area contributed by atoms with Gasteiger partial charge in [0, 0.05) is 33.5 Å². The van der Waals surface area contributed by atoms with Gasteiger partial charge < -0.3 is 9.88 Å². The fourth-order valence-electron chi connectivity index (χ4n) is 6.41. The summed E-state index contributed by atoms with van der Waals surface area (Å²) in [6.45, 7) is 2.29. The van der Waals surface area contributed by atoms with Gasteiger partial charge in [0.15, 0.2) is 0 Å². The molecule has 2 atom stereocenters. The van der Waals surface area contributed by atoms with Gasteiger partial charge in [-0.25, -0.2) is 4.99 Å². The number of pyridine rings is 1. The standard InChI is InChI=1S/C40H32N4/c1-27-19-24-33-32-15-8-9-18-38(32)44(39(33)25-27)31-22-20-29(21-23-31)34-16-10-17-35(41-34)37-26-36(28-11-4-2-5-12-28)42-40(43-37)30-13-6-3-7-14-30/h2-24,26-27,37H,25H2,1H3,(H,42,43). The lowest BCUT2D eigenvalue weighted by atomic mass is 9.95. The van der Waals surface area contributed by atoms with Crippen LogP contribution in [0.15, 0.2) is 145 Å². The smallest absolute Gasteiger partial charge is 0.134 e. The summed E-state index contributed by atoms with van der Waals surface area (Å²) in [4.78, 5) is 10.2. The van der Waals surface area contributed by atoms with Crippen molar-refractivity contribution in [3.8, 4) is 16.9 Å². The summed E-state index contributed by atoms with van der Waals surface area (Å²) >= 11 is 0. The molecule has 0 fully saturated rings. The Morgan fingerprint density at radius 1 is 0.705 bits per heavy atom. The zero-order valence-corrected chi connectivity index (χ0v) is 24.6. The van der Waals surface area contributed by atoms with Crippen molar-refractivity contribution in [2.75, 3.05) is 0 Å². The van der Waals surface area contributed by atoms with Gasteiger partial charge in [-0.15, -0.1) is 0 Å². The predicted molar refractivity (Wildman–Crippen MR) is 182 cm³/mol. The summed E-state index contributed by atoms with van der Waals surface area (Å²) in [5.74, 6) is 1.37. The normalized spacial score (nSPS) is 17.5. The molecule has 0 bridgehead atoms. The Morgan fingerprint density at radius 2 is 1.43 bits per heavy atom. The molecule has 6 aromatic rings. The van der Waals surface area contributed by atoms with Gasteiger partial charge in [-0.05, 0) is 54.3 Å². The van der Waals surface area contributed by atoms with Crippen molar-refractivity contribution < 1.29 is 0 Å². The van der Waals surface area contributed by atoms with Gasteiger partial charge in [-0.2, -0.15) is 0 Å². The maximum absolute atomic E-state index is 5.17. The van der Waals surface area contributed by atoms with Crippen LogP contribution in [0, 0.1) is 5.92 Å². The van der Waals surface area contributed by atoms with E-state index in [1.807, 2.05) is 24.3 Å². The molecular weight excluding hydrogens is 536 g/mol. The second-order valence-corrected chi connectivity index (χ2v) is 11.6. The Morgan fingerprint density at radius 3 is 2.23 bits per heavy atom. The van der Waals surface area contributed by atoms with Gasteiger partial charge in [-0.3, -0.25) is 4.98 Å². The maximum Gasteiger partial charge on any atom is 0.134 e. The molecule has 44 heavy (non-hydrogen) atoms. The van der Waals surface area contributed by atoms with E-state index in [4.69, 9.17) is 9.98 Å². The Kier molecular flexibility index (Phi) is 6.53. The molecule has 0 radical (unpaired) electrons. The molecule has 4 nitrogen and oxygen atoms in total. The topological polar surface area (TPSA) is 42.2 Å². The Hall–Kier alpha value is -5.48. The molecule has 0 amide bonds. The van der Waals surface area contributed by atoms with E-state index >= 15 is 0 Å². The van der Waals surface area contributed by atoms with E-state index in [0.29, 0.717) is 5.92 Å². The van der Waals surface area contributed by atoms with E-state index < -0.39 is 0 Å². The molecule has 1 N–H and O–H groups in total. The van der Waals surface area contributed by atoms with Crippen LogP contribution < -0.4 is 5.32 Å². The fourth-order valence-corrected chi connectivity index (χ4v) is 6.41. The number of fused-ring (bicyclic) bond motifs is 3. The zero-order chi connectivity index (χ0) is 29.5. The molecule has 2 aromatic heterocycles. The third kappa shape index (κ3) is 4.75. The van der Waals surface area contributed by atoms with Crippen LogP contribution in [0.2, 0.25) is 0 Å². The van der Waals surface area contributed by atoms with Crippen molar-refractivity contribution in [1.29, 1.82) is 0 Å². The quantitative estimate of drug-likeness (QED) is 0.225. The first kappa shape index (κ1) is 26.2. The second-order valence-electron chi connectivity index (χ2n) is 11.6. The van der Waals surface area contributed by atoms with Gasteiger partial charge in [0.05, 0.1) is 28.6 Å². The molecule has 3 heterocycles. The highest BCUT2D eigenvalue weighted by atomic mass is 15.1. The summed E-state index contributed by atoms with van der Waals surface area (Å²) in [6.07, 6.45) is 7.84. The Bertz CT molecular complexity index is 2070. The third-order valence-corrected chi connectivity index (χ3v) is 8.60. The summed E-state index contributed by atoms with van der Waals surface area (Å²) in [6, 6.07) is 44.4. The van der Waals surface area contributed by atoms with Crippen LogP contribution in [0.1, 0.15) is 41.0 Å². The number of benzene rings is 4. The van der Waals surface area contributed by atoms with Gasteiger partial charge in [0.2, 0.25) is 0 Å². The number of amidine groups is 1. The number of aromatic nitrogens is 2. The van der Waals surface area contributed by atoms with E-state index in [-0.39, 0.29) is 6.04 Å². The maximum atomic E-state index is 5.17. The van der Waals surface area contributed by atoms with Crippen LogP contribution in [0.4, 0.5) is 0 Å². The number of para-hydroxylation sites is 1. The van der Waals surface area contributed by atoms with E-state index in [9.17, 15) is 0 Å². The summed E-state index contributed by atoms with van der Waals surface area (Å²) in [7, 11) is 0. The average Bonchev–Trinajstić information content (AvgIpc) is 3.42. The number of hydrogen-bond acceptors (Lipinski definition) is 3. The van der Waals surface area contributed by atoms with Crippen LogP contribution in [0.25, 0.3) is 39.6 Å². The Labute approximate surface area is 257 Å². The molecule has 2 unspecified atom stereocenters. The van der Waals surface area contributed by atoms with Crippen molar-refractivity contribution in [2.45, 2.75) is 19.4 Å². The van der Waals surface area contributed by atoms with Gasteiger partial charge in [-0.1, -0.05) is 116 Å². The highest BCUT2D eigenvalue weighted by molar-refractivity contribution is 6.03. The number of aliphatic imine (C=N–C) groups is 1. The van der Waals surface area contributed by atoms with Crippen LogP contribution in [0.3, 0.4) is 0 Å². The molecule has 4 heteroatoms. The number of nitrogens with one attached hydrogen (secondary N) is 1. The SMILES string of the molecule is CC1C=Cc2c(n(-c3ccc(-c4cccc(C5C=C(c6ccccc6)N=C(c6ccccc6)N5)n4)cc3)c3ccccc23)C1. The lowest BCUT2D eigenvalue weighted by Crippen LogP contribution is -2.31. The fraction of sp³-hybridized carbons (Fsp3) is 0.100. The average molecular weight is 569 g/mol. The molecule has 0 saturated heterocycles. The van der Waals surface area contributed by atoms with Crippen molar-refractivity contribution in [2.24, 2.45) is 10.9 Å². The van der Waals surface area contributed by atoms with Crippen LogP contribution >= 0.6 is 0 Å². The molecule has 0 spiro atoms. The molecule has 4 aromatic carbocycles. The minimum atomic E-state index is -0.120. The largest absolute Gasteiger partial charge is 0.358 e. The van der Waals surface area contributed by atoms with Crippen molar-refractivity contribution in [1.82, 2.24) is 14.9 Å². The van der Waals surface area contributed by atoms with Gasteiger partial charge in [0.25, 0.3) is 0 Å². The highest BCUT2D eigenvalue weighted by Gasteiger charge is 2.22. The highest BCUT2D eigenvalue weighted by Crippen LogP contribution is 2.36. The number of allylic oxidation sites excluding steroid dienone is 1. The summed E-state index contributed by atoms with van der Waals surface area (Å²) < 4.78 is 2.44. The summed E-state index contributed by atoms with van der Waals surface area (Å²) in [5, 5.41) is 4.95. The molecule has 2 aliphatic rings. The predicted octanol–water partition coefficient (Wildman–Crippen LogP) is 9.03. The zero-order valence-electron chi connectivity index (χ0n) is 24.6. The molecule has 0 saturated carbocycles. The lowest BCUT2D eigenvalue weighted by molar-refractivity contribution is 0.690. The molecule has 8 rings (SSSR count). The minimum Gasteiger partial charge on any atom is -0.358 e. The van der Waals surface area contributed by atoms with Crippen LogP contribution in [0.5, 0.6) is 0 Å². The first-order valence-electron chi connectivity index (χ1n) is 15.3. The summed E-state index contributed by atoms with van der Waals surface area (Å²) in [5.41, 5.74) is 11.2. The Balaban J connectivity index is 1.14. The number of hydrogen-bond donors (Lipinski definition) is 1. The third-order valence-electron chi connectivity index (χ3n) is 8.60. The number of rotatable bonds is 5. The van der Waals surface area contributed by atoms with E-state index in [2.05, 4.69) is 138 Å². The molecule has 212 valence electrons. The van der Waals surface area contributed by atoms with Crippen molar-refractivity contribution in [3.63, 3.8) is 0 Å². The van der Waals surface area contributed by atoms with E-state index in [0.717, 1.165) is 46.0 Å². The van der Waals surface area contributed by atoms with Crippen LogP contribution in [-0.4, -0.2) is 15.4 Å². The molecule has 1 aliphatic carbocycles. The minimum absolute atomic E-state index is 0.120. The first-order valence-corrected chi connectivity index (χ1v) is 15.3. The first-order chi connectivity index (χ1) is 21.7. The van der Waals surface area contributed by atoms with Gasteiger partial charge >= 0.3 is 0 Å². The van der Waals surface area contributed by atoms with E-state index in [1.54, 1.807) is 0 Å². The monoisotopic (exact) mass is 568 g/mol. The number of nitrogens with zero attached hydrogens (tertiary/aromatic N) is 3. The van der Waals surface area contributed by atoms with E-state index in [1.165, 1.54) is 27.8 Å². The van der Waals surface area contributed by atoms with Gasteiger partial charge in [0.1, 0.15) is 5.84 Å².